The van der Waals surface area contributed by atoms with Gasteiger partial charge in [-0.1, -0.05) is 44.2 Å². The minimum Gasteiger partial charge on any atom is -0.497 e. The Kier molecular flexibility index (Phi) is 6.02. The van der Waals surface area contributed by atoms with Crippen LogP contribution in [-0.2, 0) is 9.59 Å². The van der Waals surface area contributed by atoms with Gasteiger partial charge in [0, 0.05) is 12.3 Å². The van der Waals surface area contributed by atoms with Crippen LogP contribution in [0.1, 0.15) is 50.2 Å². The van der Waals surface area contributed by atoms with Crippen LogP contribution in [0.5, 0.6) is 5.75 Å². The number of amides is 1. The second kappa shape index (κ2) is 8.46. The lowest BCUT2D eigenvalue weighted by molar-refractivity contribution is -0.142. The van der Waals surface area contributed by atoms with Gasteiger partial charge in [0.1, 0.15) is 11.8 Å². The molecule has 0 spiro atoms. The van der Waals surface area contributed by atoms with Crippen LogP contribution in [0.25, 0.3) is 11.1 Å². The van der Waals surface area contributed by atoms with E-state index in [1.165, 1.54) is 16.7 Å². The third kappa shape index (κ3) is 4.19. The van der Waals surface area contributed by atoms with Crippen LogP contribution >= 0.6 is 0 Å². The van der Waals surface area contributed by atoms with Crippen LogP contribution in [0.2, 0.25) is 0 Å². The maximum absolute atomic E-state index is 12.4. The van der Waals surface area contributed by atoms with Crippen molar-refractivity contribution in [1.29, 1.82) is 0 Å². The summed E-state index contributed by atoms with van der Waals surface area (Å²) in [6.07, 6.45) is 1.32. The first-order valence-electron chi connectivity index (χ1n) is 9.70. The summed E-state index contributed by atoms with van der Waals surface area (Å²) in [5.74, 6) is -0.114. The van der Waals surface area contributed by atoms with Gasteiger partial charge in [0.2, 0.25) is 5.91 Å². The van der Waals surface area contributed by atoms with E-state index in [1.54, 1.807) is 7.11 Å². The fourth-order valence-electron chi connectivity index (χ4n) is 3.96. The number of methoxy groups -OCH3 is 1. The van der Waals surface area contributed by atoms with Crippen molar-refractivity contribution in [1.82, 2.24) is 5.32 Å². The number of carboxylic acid groups (broad SMARTS) is 1. The maximum atomic E-state index is 12.4. The minimum absolute atomic E-state index is 0.0976. The lowest BCUT2D eigenvalue weighted by atomic mass is 9.92. The topological polar surface area (TPSA) is 75.6 Å². The smallest absolute Gasteiger partial charge is 0.326 e. The second-order valence-corrected chi connectivity index (χ2v) is 7.72. The third-order valence-electron chi connectivity index (χ3n) is 5.26. The number of rotatable bonds is 8. The lowest BCUT2D eigenvalue weighted by Crippen LogP contribution is -2.41. The van der Waals surface area contributed by atoms with Crippen molar-refractivity contribution in [3.63, 3.8) is 0 Å². The molecule has 2 N–H and O–H groups in total. The Bertz CT molecular complexity index is 875. The Morgan fingerprint density at radius 3 is 2.50 bits per heavy atom. The van der Waals surface area contributed by atoms with Crippen molar-refractivity contribution in [3.8, 4) is 16.9 Å². The normalized spacial score (nSPS) is 15.6. The van der Waals surface area contributed by atoms with Gasteiger partial charge in [-0.25, -0.2) is 4.79 Å². The van der Waals surface area contributed by atoms with Crippen LogP contribution in [0.4, 0.5) is 0 Å². The number of hydrogen-bond donors (Lipinski definition) is 2. The van der Waals surface area contributed by atoms with Crippen molar-refractivity contribution in [2.75, 3.05) is 7.11 Å². The highest BCUT2D eigenvalue weighted by Crippen LogP contribution is 2.47. The zero-order valence-electron chi connectivity index (χ0n) is 16.6. The molecule has 0 aliphatic heterocycles. The quantitative estimate of drug-likeness (QED) is 0.718. The van der Waals surface area contributed by atoms with Crippen LogP contribution in [0.3, 0.4) is 0 Å². The van der Waals surface area contributed by atoms with Gasteiger partial charge in [-0.15, -0.1) is 0 Å². The summed E-state index contributed by atoms with van der Waals surface area (Å²) in [5.41, 5.74) is 4.72. The van der Waals surface area contributed by atoms with Crippen molar-refractivity contribution in [3.05, 3.63) is 53.6 Å². The highest BCUT2D eigenvalue weighted by molar-refractivity contribution is 5.84. The molecule has 28 heavy (non-hydrogen) atoms. The van der Waals surface area contributed by atoms with E-state index in [0.717, 1.165) is 11.3 Å². The van der Waals surface area contributed by atoms with Crippen LogP contribution in [0.15, 0.2) is 42.5 Å². The van der Waals surface area contributed by atoms with E-state index >= 15 is 0 Å². The SMILES string of the molecule is COc1ccc2c(c1)C(CCC(=O)N[C@@H](CC(C)C)C(=O)O)c1ccccc1-2. The molecule has 2 aromatic rings. The molecular formula is C23H27NO4. The number of benzene rings is 2. The van der Waals surface area contributed by atoms with Gasteiger partial charge in [0.25, 0.3) is 0 Å². The molecule has 0 bridgehead atoms. The number of carboxylic acids is 1. The Morgan fingerprint density at radius 1 is 1.11 bits per heavy atom. The van der Waals surface area contributed by atoms with Gasteiger partial charge in [0.05, 0.1) is 7.11 Å². The fourth-order valence-corrected chi connectivity index (χ4v) is 3.96. The Balaban J connectivity index is 1.75. The van der Waals surface area contributed by atoms with Crippen molar-refractivity contribution in [2.24, 2.45) is 5.92 Å². The van der Waals surface area contributed by atoms with E-state index in [2.05, 4.69) is 23.5 Å². The van der Waals surface area contributed by atoms with Crippen molar-refractivity contribution >= 4 is 11.9 Å². The minimum atomic E-state index is -0.983. The summed E-state index contributed by atoms with van der Waals surface area (Å²) in [4.78, 5) is 23.8. The number of ether oxygens (including phenoxy) is 1. The highest BCUT2D eigenvalue weighted by Gasteiger charge is 2.29. The number of nitrogens with one attached hydrogen (secondary N) is 1. The molecular weight excluding hydrogens is 354 g/mol. The Morgan fingerprint density at radius 2 is 1.82 bits per heavy atom. The summed E-state index contributed by atoms with van der Waals surface area (Å²) >= 11 is 0. The van der Waals surface area contributed by atoms with Gasteiger partial charge in [-0.2, -0.15) is 0 Å². The van der Waals surface area contributed by atoms with Gasteiger partial charge >= 0.3 is 5.97 Å². The van der Waals surface area contributed by atoms with E-state index in [9.17, 15) is 14.7 Å². The number of hydrogen-bond acceptors (Lipinski definition) is 3. The fraction of sp³-hybridized carbons (Fsp3) is 0.391. The molecule has 0 radical (unpaired) electrons. The molecule has 1 amide bonds. The number of carbonyl (C=O) groups excluding carboxylic acids is 1. The Hall–Kier alpha value is -2.82. The Labute approximate surface area is 165 Å². The molecule has 0 heterocycles. The summed E-state index contributed by atoms with van der Waals surface area (Å²) in [6, 6.07) is 13.5. The van der Waals surface area contributed by atoms with Crippen molar-refractivity contribution < 1.29 is 19.4 Å². The van der Waals surface area contributed by atoms with Gasteiger partial charge < -0.3 is 15.2 Å². The monoisotopic (exact) mass is 381 g/mol. The van der Waals surface area contributed by atoms with Crippen LogP contribution < -0.4 is 10.1 Å². The molecule has 5 heteroatoms. The summed E-state index contributed by atoms with van der Waals surface area (Å²) in [5, 5.41) is 12.0. The molecule has 0 saturated carbocycles. The first-order valence-corrected chi connectivity index (χ1v) is 9.70. The molecule has 1 aliphatic carbocycles. The molecule has 0 saturated heterocycles. The number of fused-ring (bicyclic) bond motifs is 3. The summed E-state index contributed by atoms with van der Waals surface area (Å²) in [7, 11) is 1.65. The molecule has 0 fully saturated rings. The zero-order valence-corrected chi connectivity index (χ0v) is 16.6. The lowest BCUT2D eigenvalue weighted by Gasteiger charge is -2.18. The molecule has 0 aromatic heterocycles. The third-order valence-corrected chi connectivity index (χ3v) is 5.26. The molecule has 2 aromatic carbocycles. The summed E-state index contributed by atoms with van der Waals surface area (Å²) in [6.45, 7) is 3.89. The average Bonchev–Trinajstić information content (AvgIpc) is 2.98. The van der Waals surface area contributed by atoms with Gasteiger partial charge in [0.15, 0.2) is 0 Å². The van der Waals surface area contributed by atoms with Crippen molar-refractivity contribution in [2.45, 2.75) is 45.1 Å². The molecule has 2 atom stereocenters. The predicted octanol–water partition coefficient (Wildman–Crippen LogP) is 4.20. The molecule has 5 nitrogen and oxygen atoms in total. The first-order chi connectivity index (χ1) is 13.4. The maximum Gasteiger partial charge on any atom is 0.326 e. The predicted molar refractivity (Wildman–Crippen MR) is 109 cm³/mol. The summed E-state index contributed by atoms with van der Waals surface area (Å²) < 4.78 is 5.38. The van der Waals surface area contributed by atoms with Crippen LogP contribution in [-0.4, -0.2) is 30.1 Å². The van der Waals surface area contributed by atoms with E-state index < -0.39 is 12.0 Å². The molecule has 1 unspecified atom stereocenters. The van der Waals surface area contributed by atoms with E-state index in [1.807, 2.05) is 38.1 Å². The highest BCUT2D eigenvalue weighted by atomic mass is 16.5. The first kappa shape index (κ1) is 19.9. The van der Waals surface area contributed by atoms with Gasteiger partial charge in [-0.3, -0.25) is 4.79 Å². The standard InChI is InChI=1S/C23H27NO4/c1-14(2)12-21(23(26)27)24-22(25)11-10-19-17-7-5-4-6-16(17)18-9-8-15(28-3)13-20(18)19/h4-9,13-14,19,21H,10-12H2,1-3H3,(H,24,25)(H,26,27)/t19?,21-/m0/s1. The molecule has 148 valence electrons. The van der Waals surface area contributed by atoms with Crippen LogP contribution in [0, 0.1) is 5.92 Å². The average molecular weight is 381 g/mol. The largest absolute Gasteiger partial charge is 0.497 e. The number of aliphatic carboxylic acids is 1. The number of carbonyl (C=O) groups is 2. The van der Waals surface area contributed by atoms with E-state index in [4.69, 9.17) is 4.74 Å². The van der Waals surface area contributed by atoms with E-state index in [-0.39, 0.29) is 24.2 Å². The second-order valence-electron chi connectivity index (χ2n) is 7.72. The van der Waals surface area contributed by atoms with Gasteiger partial charge in [-0.05, 0) is 53.1 Å². The molecule has 3 rings (SSSR count). The zero-order chi connectivity index (χ0) is 20.3. The molecule has 1 aliphatic rings. The van der Waals surface area contributed by atoms with E-state index in [0.29, 0.717) is 12.8 Å².